The first-order chi connectivity index (χ1) is 17.7. The van der Waals surface area contributed by atoms with Crippen LogP contribution in [0.4, 0.5) is 8.78 Å². The van der Waals surface area contributed by atoms with Crippen LogP contribution in [0.1, 0.15) is 56.0 Å². The molecule has 188 valence electrons. The predicted octanol–water partition coefficient (Wildman–Crippen LogP) is 4.15. The molecule has 1 aromatic carbocycles. The maximum Gasteiger partial charge on any atom is 0.219 e. The van der Waals surface area contributed by atoms with E-state index in [0.717, 1.165) is 35.4 Å². The van der Waals surface area contributed by atoms with Gasteiger partial charge in [0.2, 0.25) is 5.91 Å². The standard InChI is InChI=1S/C27H25F2N7O/c1-26(2)17-6-9-27(26,24-16(17)12-20(34-35-24)23-18(28)4-3-5-19(23)29)21-7-10-31-25(33-21)15-13-32-36(14-15)11-8-22(30)37/h3-5,7,10,12-14,17H,6,8-9,11H2,1-2H3,(H2,30,37)/t17-,27+/m0/s1. The minimum atomic E-state index is -0.664. The molecule has 3 aromatic heterocycles. The van der Waals surface area contributed by atoms with E-state index < -0.39 is 23.0 Å². The van der Waals surface area contributed by atoms with Crippen LogP contribution in [0.25, 0.3) is 22.6 Å². The molecule has 0 aliphatic heterocycles. The van der Waals surface area contributed by atoms with Crippen molar-refractivity contribution in [3.8, 4) is 22.6 Å². The molecular weight excluding hydrogens is 476 g/mol. The Morgan fingerprint density at radius 1 is 1.19 bits per heavy atom. The summed E-state index contributed by atoms with van der Waals surface area (Å²) in [6, 6.07) is 7.49. The minimum absolute atomic E-state index is 0.140. The van der Waals surface area contributed by atoms with Gasteiger partial charge < -0.3 is 5.73 Å². The molecule has 0 unspecified atom stereocenters. The lowest BCUT2D eigenvalue weighted by Crippen LogP contribution is -2.38. The number of benzene rings is 1. The number of carbonyl (C=O) groups excluding carboxylic acids is 1. The quantitative estimate of drug-likeness (QED) is 0.425. The molecule has 4 aromatic rings. The molecule has 3 heterocycles. The van der Waals surface area contributed by atoms with Crippen molar-refractivity contribution in [1.29, 1.82) is 0 Å². The zero-order valence-electron chi connectivity index (χ0n) is 20.4. The first-order valence-corrected chi connectivity index (χ1v) is 12.2. The molecule has 1 saturated carbocycles. The van der Waals surface area contributed by atoms with Gasteiger partial charge in [-0.15, -0.1) is 5.10 Å². The number of hydrogen-bond donors (Lipinski definition) is 1. The number of fused-ring (bicyclic) bond motifs is 5. The van der Waals surface area contributed by atoms with Gasteiger partial charge in [0.05, 0.1) is 39.8 Å². The number of nitrogens with zero attached hydrogens (tertiary/aromatic N) is 6. The average molecular weight is 502 g/mol. The summed E-state index contributed by atoms with van der Waals surface area (Å²) in [6.07, 6.45) is 7.10. The van der Waals surface area contributed by atoms with Crippen molar-refractivity contribution in [2.75, 3.05) is 0 Å². The molecule has 2 bridgehead atoms. The van der Waals surface area contributed by atoms with Crippen LogP contribution >= 0.6 is 0 Å². The summed E-state index contributed by atoms with van der Waals surface area (Å²) in [5.74, 6) is -1.06. The highest BCUT2D eigenvalue weighted by Gasteiger charge is 2.65. The van der Waals surface area contributed by atoms with Gasteiger partial charge >= 0.3 is 0 Å². The summed E-state index contributed by atoms with van der Waals surface area (Å²) in [7, 11) is 0. The van der Waals surface area contributed by atoms with E-state index in [1.54, 1.807) is 29.3 Å². The zero-order chi connectivity index (χ0) is 25.9. The fraction of sp³-hybridized carbons (Fsp3) is 0.333. The largest absolute Gasteiger partial charge is 0.370 e. The van der Waals surface area contributed by atoms with E-state index in [9.17, 15) is 13.6 Å². The second kappa shape index (κ2) is 8.22. The van der Waals surface area contributed by atoms with Gasteiger partial charge in [-0.2, -0.15) is 10.2 Å². The maximum atomic E-state index is 14.5. The van der Waals surface area contributed by atoms with Crippen LogP contribution in [0.3, 0.4) is 0 Å². The molecule has 0 saturated heterocycles. The summed E-state index contributed by atoms with van der Waals surface area (Å²) in [5, 5.41) is 13.2. The van der Waals surface area contributed by atoms with E-state index in [-0.39, 0.29) is 29.0 Å². The minimum Gasteiger partial charge on any atom is -0.370 e. The predicted molar refractivity (Wildman–Crippen MR) is 131 cm³/mol. The van der Waals surface area contributed by atoms with Gasteiger partial charge in [0.15, 0.2) is 5.82 Å². The molecule has 8 nitrogen and oxygen atoms in total. The third kappa shape index (κ3) is 3.38. The first-order valence-electron chi connectivity index (χ1n) is 12.2. The van der Waals surface area contributed by atoms with Gasteiger partial charge in [-0.3, -0.25) is 9.48 Å². The summed E-state index contributed by atoms with van der Waals surface area (Å²) < 4.78 is 30.7. The van der Waals surface area contributed by atoms with Crippen molar-refractivity contribution >= 4 is 5.91 Å². The summed E-state index contributed by atoms with van der Waals surface area (Å²) in [5.41, 5.74) is 7.82. The monoisotopic (exact) mass is 501 g/mol. The number of aromatic nitrogens is 6. The van der Waals surface area contributed by atoms with Crippen molar-refractivity contribution < 1.29 is 13.6 Å². The van der Waals surface area contributed by atoms with E-state index >= 15 is 0 Å². The van der Waals surface area contributed by atoms with Gasteiger partial charge in [0.25, 0.3) is 0 Å². The highest BCUT2D eigenvalue weighted by molar-refractivity contribution is 5.73. The van der Waals surface area contributed by atoms with E-state index in [2.05, 4.69) is 34.1 Å². The number of aryl methyl sites for hydroxylation is 1. The lowest BCUT2D eigenvalue weighted by Gasteiger charge is -2.37. The molecular formula is C27H25F2N7O. The fourth-order valence-electron chi connectivity index (χ4n) is 6.32. The van der Waals surface area contributed by atoms with Crippen LogP contribution in [0, 0.1) is 17.0 Å². The van der Waals surface area contributed by atoms with E-state index in [0.29, 0.717) is 12.4 Å². The topological polar surface area (TPSA) is 112 Å². The SMILES string of the molecule is CC1(C)[C@H]2CC[C@@]1(c1ccnc(-c3cnn(CCC(N)=O)c3)n1)c1nnc(-c3c(F)cccc3F)cc12. The van der Waals surface area contributed by atoms with Gasteiger partial charge in [0.1, 0.15) is 11.6 Å². The van der Waals surface area contributed by atoms with E-state index in [1.807, 2.05) is 6.07 Å². The summed E-state index contributed by atoms with van der Waals surface area (Å²) in [4.78, 5) is 20.6. The van der Waals surface area contributed by atoms with Crippen LogP contribution < -0.4 is 5.73 Å². The van der Waals surface area contributed by atoms with Crippen LogP contribution in [0.5, 0.6) is 0 Å². The van der Waals surface area contributed by atoms with Crippen LogP contribution in [-0.2, 0) is 16.8 Å². The zero-order valence-corrected chi connectivity index (χ0v) is 20.4. The Morgan fingerprint density at radius 2 is 1.97 bits per heavy atom. The van der Waals surface area contributed by atoms with Crippen molar-refractivity contribution in [3.63, 3.8) is 0 Å². The average Bonchev–Trinajstić information content (AvgIpc) is 3.50. The van der Waals surface area contributed by atoms with E-state index in [1.165, 1.54) is 18.2 Å². The summed E-state index contributed by atoms with van der Waals surface area (Å²) in [6.45, 7) is 4.76. The molecule has 10 heteroatoms. The van der Waals surface area contributed by atoms with Crippen molar-refractivity contribution in [3.05, 3.63) is 77.5 Å². The number of carbonyl (C=O) groups is 1. The normalized spacial score (nSPS) is 21.2. The highest BCUT2D eigenvalue weighted by Crippen LogP contribution is 2.69. The number of primary amides is 1. The Kier molecular flexibility index (Phi) is 5.18. The molecule has 2 aliphatic carbocycles. The third-order valence-electron chi connectivity index (χ3n) is 8.17. The molecule has 0 spiro atoms. The molecule has 37 heavy (non-hydrogen) atoms. The third-order valence-corrected chi connectivity index (χ3v) is 8.17. The van der Waals surface area contributed by atoms with Gasteiger partial charge in [-0.1, -0.05) is 19.9 Å². The fourth-order valence-corrected chi connectivity index (χ4v) is 6.32. The van der Waals surface area contributed by atoms with Gasteiger partial charge in [-0.05, 0) is 54.0 Å². The van der Waals surface area contributed by atoms with Crippen LogP contribution in [0.2, 0.25) is 0 Å². The number of rotatable bonds is 6. The van der Waals surface area contributed by atoms with Crippen LogP contribution in [-0.4, -0.2) is 35.9 Å². The molecule has 1 fully saturated rings. The second-order valence-electron chi connectivity index (χ2n) is 10.3. The van der Waals surface area contributed by atoms with Crippen molar-refractivity contribution in [1.82, 2.24) is 29.9 Å². The molecule has 6 rings (SSSR count). The maximum absolute atomic E-state index is 14.5. The molecule has 2 N–H and O–H groups in total. The number of hydrogen-bond acceptors (Lipinski definition) is 6. The number of nitrogens with two attached hydrogens (primary N) is 1. The highest BCUT2D eigenvalue weighted by atomic mass is 19.1. The Labute approximate surface area is 212 Å². The molecule has 2 aliphatic rings. The Bertz CT molecular complexity index is 1530. The van der Waals surface area contributed by atoms with Crippen LogP contribution in [0.15, 0.2) is 48.9 Å². The lowest BCUT2D eigenvalue weighted by atomic mass is 9.66. The summed E-state index contributed by atoms with van der Waals surface area (Å²) >= 11 is 0. The molecule has 0 radical (unpaired) electrons. The molecule has 2 atom stereocenters. The van der Waals surface area contributed by atoms with Gasteiger partial charge in [0, 0.05) is 25.4 Å². The van der Waals surface area contributed by atoms with Crippen molar-refractivity contribution in [2.45, 2.75) is 51.0 Å². The Hall–Kier alpha value is -4.08. The Balaban J connectivity index is 1.43. The van der Waals surface area contributed by atoms with E-state index in [4.69, 9.17) is 10.7 Å². The van der Waals surface area contributed by atoms with Gasteiger partial charge in [-0.25, -0.2) is 18.7 Å². The first kappa shape index (κ1) is 23.3. The second-order valence-corrected chi connectivity index (χ2v) is 10.3. The smallest absolute Gasteiger partial charge is 0.219 e. The number of amides is 1. The number of halogens is 2. The lowest BCUT2D eigenvalue weighted by molar-refractivity contribution is -0.118. The molecule has 1 amide bonds. The van der Waals surface area contributed by atoms with Crippen molar-refractivity contribution in [2.24, 2.45) is 11.1 Å². The Morgan fingerprint density at radius 3 is 2.73 bits per heavy atom.